The summed E-state index contributed by atoms with van der Waals surface area (Å²) in [4.78, 5) is 25.0. The zero-order valence-electron chi connectivity index (χ0n) is 25.3. The Morgan fingerprint density at radius 3 is 2.41 bits per heavy atom. The first kappa shape index (κ1) is 35.9. The van der Waals surface area contributed by atoms with Crippen LogP contribution >= 0.6 is 0 Å². The lowest BCUT2D eigenvalue weighted by molar-refractivity contribution is -0.123. The molecule has 3 rings (SSSR count). The van der Waals surface area contributed by atoms with Gasteiger partial charge in [-0.05, 0) is 74.6 Å². The van der Waals surface area contributed by atoms with E-state index in [1.807, 2.05) is 6.92 Å². The summed E-state index contributed by atoms with van der Waals surface area (Å²) in [7, 11) is 0. The van der Waals surface area contributed by atoms with Crippen molar-refractivity contribution in [3.63, 3.8) is 0 Å². The number of aromatic hydroxyl groups is 1. The van der Waals surface area contributed by atoms with Crippen molar-refractivity contribution in [2.45, 2.75) is 64.8 Å². The Bertz CT molecular complexity index is 1590. The zero-order chi connectivity index (χ0) is 34.1. The number of phenolic OH excluding ortho intramolecular Hbond substituents is 1. The number of nitrogens with one attached hydrogen (secondary N) is 1. The number of alkyl halides is 6. The third-order valence-electron chi connectivity index (χ3n) is 7.01. The first-order chi connectivity index (χ1) is 21.6. The molecule has 1 amide bonds. The molecule has 248 valence electrons. The molecular formula is C33H35F6N3O4. The van der Waals surface area contributed by atoms with Crippen molar-refractivity contribution in [2.24, 2.45) is 5.92 Å². The average molecular weight is 652 g/mol. The van der Waals surface area contributed by atoms with E-state index in [1.54, 1.807) is 47.4 Å². The number of rotatable bonds is 15. The van der Waals surface area contributed by atoms with Gasteiger partial charge in [-0.1, -0.05) is 32.1 Å². The van der Waals surface area contributed by atoms with Crippen molar-refractivity contribution < 1.29 is 45.8 Å². The molecule has 2 N–H and O–H groups in total. The van der Waals surface area contributed by atoms with Crippen LogP contribution in [0.1, 0.15) is 66.7 Å². The predicted molar refractivity (Wildman–Crippen MR) is 162 cm³/mol. The smallest absolute Gasteiger partial charge is 0.415 e. The molecule has 0 fully saturated rings. The van der Waals surface area contributed by atoms with E-state index in [1.165, 1.54) is 24.3 Å². The van der Waals surface area contributed by atoms with E-state index in [9.17, 15) is 41.0 Å². The number of Topliss-reactive ketones (excluding diaryl/α,β-unsaturated/α-hetero) is 1. The lowest BCUT2D eigenvalue weighted by Gasteiger charge is -2.16. The highest BCUT2D eigenvalue weighted by atomic mass is 19.4. The SMILES string of the molecule is C=C(/C=C\C=C(/C)Oc1ccc(C(=O)CCCC(CCC)Cn2cc3c(O)c(C(=O)NCC(F)(F)F)ccc3n2)cc1)C(F)(F)F. The van der Waals surface area contributed by atoms with Gasteiger partial charge in [0, 0.05) is 30.3 Å². The van der Waals surface area contributed by atoms with E-state index in [0.29, 0.717) is 48.4 Å². The summed E-state index contributed by atoms with van der Waals surface area (Å²) in [6.07, 6.45) is -0.783. The number of ketones is 1. The standard InChI is InChI=1S/C33H35F6N3O4/c1-4-7-23(18-42-19-27-28(41-42)17-16-26(30(27)44)31(45)40-20-32(34,35)36)10-6-11-29(43)24-12-14-25(15-13-24)46-22(3)9-5-8-21(2)33(37,38)39/h5,8-9,12-17,19,23,44H,2,4,6-7,10-11,18,20H2,1,3H3,(H,40,45)/b8-5-,22-9+. The van der Waals surface area contributed by atoms with E-state index in [2.05, 4.69) is 11.7 Å². The van der Waals surface area contributed by atoms with Gasteiger partial charge in [0.25, 0.3) is 5.91 Å². The molecule has 1 unspecified atom stereocenters. The molecule has 3 aromatic rings. The van der Waals surface area contributed by atoms with Crippen molar-refractivity contribution in [1.82, 2.24) is 15.1 Å². The second kappa shape index (κ2) is 15.6. The molecular weight excluding hydrogens is 616 g/mol. The second-order valence-electron chi connectivity index (χ2n) is 10.8. The van der Waals surface area contributed by atoms with Crippen molar-refractivity contribution >= 4 is 22.6 Å². The molecule has 0 aliphatic heterocycles. The van der Waals surface area contributed by atoms with Crippen molar-refractivity contribution in [3.8, 4) is 11.5 Å². The monoisotopic (exact) mass is 651 g/mol. The lowest BCUT2D eigenvalue weighted by Crippen LogP contribution is -2.33. The van der Waals surface area contributed by atoms with Gasteiger partial charge in [-0.2, -0.15) is 31.4 Å². The summed E-state index contributed by atoms with van der Waals surface area (Å²) < 4.78 is 82.2. The fourth-order valence-electron chi connectivity index (χ4n) is 4.70. The first-order valence-corrected chi connectivity index (χ1v) is 14.5. The molecule has 46 heavy (non-hydrogen) atoms. The number of nitrogens with zero attached hydrogens (tertiary/aromatic N) is 2. The molecule has 7 nitrogen and oxygen atoms in total. The number of aromatic nitrogens is 2. The van der Waals surface area contributed by atoms with E-state index in [4.69, 9.17) is 4.74 Å². The van der Waals surface area contributed by atoms with Crippen LogP contribution in [0.3, 0.4) is 0 Å². The van der Waals surface area contributed by atoms with Crippen LogP contribution in [0.2, 0.25) is 0 Å². The van der Waals surface area contributed by atoms with Crippen LogP contribution < -0.4 is 10.1 Å². The largest absolute Gasteiger partial charge is 0.506 e. The van der Waals surface area contributed by atoms with E-state index in [-0.39, 0.29) is 22.7 Å². The van der Waals surface area contributed by atoms with Crippen LogP contribution in [0.5, 0.6) is 11.5 Å². The molecule has 13 heteroatoms. The molecule has 1 aromatic heterocycles. The topological polar surface area (TPSA) is 93.5 Å². The molecule has 0 saturated carbocycles. The summed E-state index contributed by atoms with van der Waals surface area (Å²) in [6.45, 7) is 5.53. The van der Waals surface area contributed by atoms with E-state index in [0.717, 1.165) is 18.9 Å². The van der Waals surface area contributed by atoms with Gasteiger partial charge < -0.3 is 15.2 Å². The number of carbonyl (C=O) groups excluding carboxylic acids is 2. The van der Waals surface area contributed by atoms with Gasteiger partial charge in [0.1, 0.15) is 23.8 Å². The summed E-state index contributed by atoms with van der Waals surface area (Å²) in [5.74, 6) is -0.643. The maximum atomic E-state index is 12.8. The third-order valence-corrected chi connectivity index (χ3v) is 7.01. The normalized spacial score (nSPS) is 13.3. The maximum Gasteiger partial charge on any atom is 0.415 e. The van der Waals surface area contributed by atoms with Crippen LogP contribution in [0.4, 0.5) is 26.3 Å². The van der Waals surface area contributed by atoms with Crippen molar-refractivity contribution in [3.05, 3.63) is 89.9 Å². The Labute approximate surface area is 262 Å². The fraction of sp³-hybridized carbons (Fsp3) is 0.364. The van der Waals surface area contributed by atoms with Crippen LogP contribution in [0.25, 0.3) is 10.9 Å². The molecule has 0 aliphatic rings. The number of ether oxygens (including phenoxy) is 1. The number of fused-ring (bicyclic) bond motifs is 1. The second-order valence-corrected chi connectivity index (χ2v) is 10.8. The van der Waals surface area contributed by atoms with Crippen molar-refractivity contribution in [2.75, 3.05) is 6.54 Å². The molecule has 0 spiro atoms. The average Bonchev–Trinajstić information content (AvgIpc) is 3.39. The number of allylic oxidation sites excluding steroid dienone is 5. The van der Waals surface area contributed by atoms with E-state index < -0.39 is 36.1 Å². The number of amides is 1. The Kier molecular flexibility index (Phi) is 12.2. The number of benzene rings is 2. The number of hydrogen-bond acceptors (Lipinski definition) is 5. The Balaban J connectivity index is 1.55. The van der Waals surface area contributed by atoms with Crippen LogP contribution in [-0.4, -0.2) is 45.5 Å². The highest BCUT2D eigenvalue weighted by molar-refractivity contribution is 6.02. The van der Waals surface area contributed by atoms with Crippen LogP contribution in [-0.2, 0) is 6.54 Å². The maximum absolute atomic E-state index is 12.8. The fourth-order valence-corrected chi connectivity index (χ4v) is 4.70. The third kappa shape index (κ3) is 10.8. The highest BCUT2D eigenvalue weighted by Gasteiger charge is 2.30. The summed E-state index contributed by atoms with van der Waals surface area (Å²) in [6, 6.07) is 9.13. The van der Waals surface area contributed by atoms with Crippen LogP contribution in [0, 0.1) is 5.92 Å². The number of halogens is 6. The minimum absolute atomic E-state index is 0.0614. The minimum atomic E-state index is -4.58. The zero-order valence-corrected chi connectivity index (χ0v) is 25.3. The van der Waals surface area contributed by atoms with Gasteiger partial charge in [-0.25, -0.2) is 0 Å². The summed E-state index contributed by atoms with van der Waals surface area (Å²) in [5.41, 5.74) is -0.386. The highest BCUT2D eigenvalue weighted by Crippen LogP contribution is 2.30. The Morgan fingerprint density at radius 1 is 1.09 bits per heavy atom. The van der Waals surface area contributed by atoms with Gasteiger partial charge in [0.2, 0.25) is 0 Å². The molecule has 1 heterocycles. The predicted octanol–water partition coefficient (Wildman–Crippen LogP) is 8.46. The lowest BCUT2D eigenvalue weighted by atomic mass is 9.95. The Morgan fingerprint density at radius 2 is 1.78 bits per heavy atom. The van der Waals surface area contributed by atoms with Gasteiger partial charge in [-0.3, -0.25) is 14.3 Å². The minimum Gasteiger partial charge on any atom is -0.506 e. The summed E-state index contributed by atoms with van der Waals surface area (Å²) >= 11 is 0. The van der Waals surface area contributed by atoms with Gasteiger partial charge in [0.15, 0.2) is 5.78 Å². The molecule has 1 atom stereocenters. The first-order valence-electron chi connectivity index (χ1n) is 14.5. The Hall–Kier alpha value is -4.55. The molecule has 0 aliphatic carbocycles. The van der Waals surface area contributed by atoms with Crippen molar-refractivity contribution in [1.29, 1.82) is 0 Å². The number of hydrogen-bond donors (Lipinski definition) is 2. The number of phenols is 1. The van der Waals surface area contributed by atoms with Gasteiger partial charge in [0.05, 0.1) is 16.5 Å². The molecule has 0 saturated heterocycles. The number of carbonyl (C=O) groups is 2. The molecule has 2 aromatic carbocycles. The van der Waals surface area contributed by atoms with Gasteiger partial charge >= 0.3 is 12.4 Å². The molecule has 0 bridgehead atoms. The quantitative estimate of drug-likeness (QED) is 0.0745. The molecule has 0 radical (unpaired) electrons. The van der Waals surface area contributed by atoms with E-state index >= 15 is 0 Å². The van der Waals surface area contributed by atoms with Crippen LogP contribution in [0.15, 0.2) is 78.7 Å². The van der Waals surface area contributed by atoms with Gasteiger partial charge in [-0.15, -0.1) is 0 Å². The summed E-state index contributed by atoms with van der Waals surface area (Å²) in [5, 5.41) is 17.0.